The highest BCUT2D eigenvalue weighted by Crippen LogP contribution is 2.28. The van der Waals surface area contributed by atoms with Gasteiger partial charge in [-0.05, 0) is 40.9 Å². The SMILES string of the molecule is CCCc1sc(NC(=O)C[C@@H](c2ccsc2)n2cccc2)nc1C(=O)OC. The second kappa shape index (κ2) is 8.96. The number of hydrogen-bond acceptors (Lipinski definition) is 6. The molecule has 0 saturated heterocycles. The van der Waals surface area contributed by atoms with Crippen LogP contribution < -0.4 is 5.32 Å². The number of carbonyl (C=O) groups is 2. The first kappa shape index (κ1) is 19.3. The fourth-order valence-electron chi connectivity index (χ4n) is 2.82. The highest BCUT2D eigenvalue weighted by Gasteiger charge is 2.22. The zero-order chi connectivity index (χ0) is 19.2. The van der Waals surface area contributed by atoms with Gasteiger partial charge in [-0.15, -0.1) is 11.3 Å². The minimum Gasteiger partial charge on any atom is -0.464 e. The van der Waals surface area contributed by atoms with Crippen molar-refractivity contribution in [2.24, 2.45) is 0 Å². The van der Waals surface area contributed by atoms with Crippen molar-refractivity contribution in [1.82, 2.24) is 9.55 Å². The van der Waals surface area contributed by atoms with E-state index in [-0.39, 0.29) is 18.4 Å². The molecule has 0 fully saturated rings. The first-order chi connectivity index (χ1) is 13.1. The molecule has 142 valence electrons. The third-order valence-electron chi connectivity index (χ3n) is 4.09. The third-order valence-corrected chi connectivity index (χ3v) is 5.83. The maximum atomic E-state index is 12.7. The quantitative estimate of drug-likeness (QED) is 0.567. The van der Waals surface area contributed by atoms with Gasteiger partial charge in [0.2, 0.25) is 5.91 Å². The molecule has 6 nitrogen and oxygen atoms in total. The smallest absolute Gasteiger partial charge is 0.357 e. The van der Waals surface area contributed by atoms with Crippen molar-refractivity contribution in [3.05, 3.63) is 57.5 Å². The normalized spacial score (nSPS) is 11.9. The summed E-state index contributed by atoms with van der Waals surface area (Å²) in [7, 11) is 1.33. The van der Waals surface area contributed by atoms with E-state index in [1.807, 2.05) is 47.5 Å². The second-order valence-corrected chi connectivity index (χ2v) is 7.85. The van der Waals surface area contributed by atoms with E-state index in [9.17, 15) is 9.59 Å². The monoisotopic (exact) mass is 403 g/mol. The van der Waals surface area contributed by atoms with Crippen LogP contribution in [0.15, 0.2) is 41.4 Å². The first-order valence-electron chi connectivity index (χ1n) is 8.64. The number of hydrogen-bond donors (Lipinski definition) is 1. The van der Waals surface area contributed by atoms with Gasteiger partial charge < -0.3 is 14.6 Å². The molecule has 27 heavy (non-hydrogen) atoms. The molecule has 3 rings (SSSR count). The first-order valence-corrected chi connectivity index (χ1v) is 10.4. The fourth-order valence-corrected chi connectivity index (χ4v) is 4.59. The molecule has 1 N–H and O–H groups in total. The molecule has 8 heteroatoms. The van der Waals surface area contributed by atoms with Gasteiger partial charge in [0.15, 0.2) is 10.8 Å². The number of nitrogens with one attached hydrogen (secondary N) is 1. The van der Waals surface area contributed by atoms with Crippen molar-refractivity contribution in [2.75, 3.05) is 12.4 Å². The predicted octanol–water partition coefficient (Wildman–Crippen LogP) is 4.36. The maximum Gasteiger partial charge on any atom is 0.357 e. The van der Waals surface area contributed by atoms with Crippen molar-refractivity contribution in [3.63, 3.8) is 0 Å². The van der Waals surface area contributed by atoms with Gasteiger partial charge in [-0.2, -0.15) is 11.3 Å². The molecule has 3 aromatic heterocycles. The summed E-state index contributed by atoms with van der Waals surface area (Å²) in [6.45, 7) is 2.03. The number of thiazole rings is 1. The van der Waals surface area contributed by atoms with Crippen LogP contribution in [0.2, 0.25) is 0 Å². The van der Waals surface area contributed by atoms with E-state index >= 15 is 0 Å². The van der Waals surface area contributed by atoms with E-state index in [0.29, 0.717) is 10.8 Å². The third kappa shape index (κ3) is 4.64. The largest absolute Gasteiger partial charge is 0.464 e. The van der Waals surface area contributed by atoms with Gasteiger partial charge in [0.25, 0.3) is 0 Å². The van der Waals surface area contributed by atoms with Crippen LogP contribution in [-0.2, 0) is 16.0 Å². The summed E-state index contributed by atoms with van der Waals surface area (Å²) in [5.41, 5.74) is 1.38. The van der Waals surface area contributed by atoms with Gasteiger partial charge >= 0.3 is 5.97 Å². The van der Waals surface area contributed by atoms with Crippen LogP contribution in [0.4, 0.5) is 5.13 Å². The molecule has 0 aliphatic heterocycles. The van der Waals surface area contributed by atoms with Gasteiger partial charge in [-0.25, -0.2) is 9.78 Å². The van der Waals surface area contributed by atoms with Gasteiger partial charge in [0.05, 0.1) is 19.6 Å². The second-order valence-electron chi connectivity index (χ2n) is 5.99. The van der Waals surface area contributed by atoms with Crippen molar-refractivity contribution in [3.8, 4) is 0 Å². The van der Waals surface area contributed by atoms with Crippen LogP contribution >= 0.6 is 22.7 Å². The zero-order valence-corrected chi connectivity index (χ0v) is 16.8. The minimum absolute atomic E-state index is 0.0820. The molecule has 3 aromatic rings. The van der Waals surface area contributed by atoms with Crippen LogP contribution in [0.3, 0.4) is 0 Å². The predicted molar refractivity (Wildman–Crippen MR) is 108 cm³/mol. The number of esters is 1. The molecule has 0 aliphatic rings. The van der Waals surface area contributed by atoms with Crippen LogP contribution in [0, 0.1) is 0 Å². The highest BCUT2D eigenvalue weighted by molar-refractivity contribution is 7.16. The fraction of sp³-hybridized carbons (Fsp3) is 0.316. The molecule has 0 unspecified atom stereocenters. The molecule has 0 aromatic carbocycles. The lowest BCUT2D eigenvalue weighted by Crippen LogP contribution is -2.19. The zero-order valence-electron chi connectivity index (χ0n) is 15.2. The Morgan fingerprint density at radius 2 is 2.11 bits per heavy atom. The summed E-state index contributed by atoms with van der Waals surface area (Å²) in [6.07, 6.45) is 5.79. The number of aromatic nitrogens is 2. The Bertz CT molecular complexity index is 851. The topological polar surface area (TPSA) is 73.2 Å². The lowest BCUT2D eigenvalue weighted by Gasteiger charge is -2.17. The molecule has 3 heterocycles. The summed E-state index contributed by atoms with van der Waals surface area (Å²) in [4.78, 5) is 29.7. The van der Waals surface area contributed by atoms with E-state index in [1.54, 1.807) is 11.3 Å². The molecule has 0 spiro atoms. The number of ether oxygens (including phenoxy) is 1. The van der Waals surface area contributed by atoms with E-state index in [4.69, 9.17) is 4.74 Å². The number of anilines is 1. The minimum atomic E-state index is -0.473. The molecular formula is C19H21N3O3S2. The Morgan fingerprint density at radius 1 is 1.33 bits per heavy atom. The molecule has 1 atom stereocenters. The molecule has 1 amide bonds. The molecule has 0 saturated carbocycles. The van der Waals surface area contributed by atoms with Gasteiger partial charge in [-0.3, -0.25) is 4.79 Å². The Balaban J connectivity index is 1.75. The van der Waals surface area contributed by atoms with Crippen LogP contribution in [0.1, 0.15) is 46.7 Å². The van der Waals surface area contributed by atoms with E-state index in [0.717, 1.165) is 23.3 Å². The number of amides is 1. The van der Waals surface area contributed by atoms with Gasteiger partial charge in [0.1, 0.15) is 0 Å². The Labute approximate surface area is 165 Å². The average Bonchev–Trinajstić information content (AvgIpc) is 3.41. The van der Waals surface area contributed by atoms with E-state index < -0.39 is 5.97 Å². The van der Waals surface area contributed by atoms with E-state index in [2.05, 4.69) is 15.7 Å². The highest BCUT2D eigenvalue weighted by atomic mass is 32.1. The number of aryl methyl sites for hydroxylation is 1. The molecular weight excluding hydrogens is 382 g/mol. The standard InChI is InChI=1S/C19H21N3O3S2/c1-3-6-15-17(18(24)25-2)21-19(27-15)20-16(23)11-14(13-7-10-26-12-13)22-8-4-5-9-22/h4-5,7-10,12,14H,3,6,11H2,1-2H3,(H,20,21,23)/t14-/m0/s1. The van der Waals surface area contributed by atoms with Crippen molar-refractivity contribution < 1.29 is 14.3 Å². The van der Waals surface area contributed by atoms with Crippen LogP contribution in [-0.4, -0.2) is 28.5 Å². The van der Waals surface area contributed by atoms with Crippen molar-refractivity contribution in [1.29, 1.82) is 0 Å². The molecule has 0 radical (unpaired) electrons. The lowest BCUT2D eigenvalue weighted by atomic mass is 10.1. The number of thiophene rings is 1. The molecule has 0 bridgehead atoms. The molecule has 0 aliphatic carbocycles. The summed E-state index contributed by atoms with van der Waals surface area (Å²) in [5, 5.41) is 7.33. The summed E-state index contributed by atoms with van der Waals surface area (Å²) in [5.74, 6) is -0.619. The van der Waals surface area contributed by atoms with E-state index in [1.165, 1.54) is 18.4 Å². The number of carbonyl (C=O) groups excluding carboxylic acids is 2. The van der Waals surface area contributed by atoms with Crippen LogP contribution in [0.5, 0.6) is 0 Å². The summed E-state index contributed by atoms with van der Waals surface area (Å²) in [6, 6.07) is 5.83. The summed E-state index contributed by atoms with van der Waals surface area (Å²) >= 11 is 2.94. The number of nitrogens with zero attached hydrogens (tertiary/aromatic N) is 2. The van der Waals surface area contributed by atoms with Crippen LogP contribution in [0.25, 0.3) is 0 Å². The Hall–Kier alpha value is -2.45. The number of methoxy groups -OCH3 is 1. The van der Waals surface area contributed by atoms with Gasteiger partial charge in [-0.1, -0.05) is 13.3 Å². The number of rotatable bonds is 8. The lowest BCUT2D eigenvalue weighted by molar-refractivity contribution is -0.116. The maximum absolute atomic E-state index is 12.7. The average molecular weight is 404 g/mol. The Morgan fingerprint density at radius 3 is 2.74 bits per heavy atom. The van der Waals surface area contributed by atoms with Crippen molar-refractivity contribution >= 4 is 39.7 Å². The van der Waals surface area contributed by atoms with Gasteiger partial charge in [0, 0.05) is 17.3 Å². The van der Waals surface area contributed by atoms with Crippen molar-refractivity contribution in [2.45, 2.75) is 32.2 Å². The Kier molecular flexibility index (Phi) is 6.41. The summed E-state index contributed by atoms with van der Waals surface area (Å²) < 4.78 is 6.81.